The maximum atomic E-state index is 14.2. The zero-order chi connectivity index (χ0) is 26.3. The molecule has 36 heavy (non-hydrogen) atoms. The first kappa shape index (κ1) is 25.8. The number of aromatic nitrogens is 3. The third-order valence-corrected chi connectivity index (χ3v) is 6.40. The van der Waals surface area contributed by atoms with E-state index < -0.39 is 17.5 Å². The summed E-state index contributed by atoms with van der Waals surface area (Å²) in [6.07, 6.45) is -2.85. The van der Waals surface area contributed by atoms with Crippen LogP contribution in [0.1, 0.15) is 43.7 Å². The fourth-order valence-corrected chi connectivity index (χ4v) is 3.68. The van der Waals surface area contributed by atoms with Crippen molar-refractivity contribution in [3.05, 3.63) is 58.4 Å². The molecule has 1 aromatic heterocycles. The van der Waals surface area contributed by atoms with E-state index in [0.717, 1.165) is 26.7 Å². The van der Waals surface area contributed by atoms with Gasteiger partial charge in [-0.3, -0.25) is 4.79 Å². The van der Waals surface area contributed by atoms with E-state index in [2.05, 4.69) is 20.3 Å². The predicted molar refractivity (Wildman–Crippen MR) is 126 cm³/mol. The molecular weight excluding hydrogens is 500 g/mol. The van der Waals surface area contributed by atoms with Gasteiger partial charge in [0.2, 0.25) is 5.91 Å². The van der Waals surface area contributed by atoms with E-state index in [1.165, 1.54) is 19.2 Å². The van der Waals surface area contributed by atoms with Gasteiger partial charge in [0.15, 0.2) is 11.6 Å². The van der Waals surface area contributed by atoms with Crippen molar-refractivity contribution in [2.24, 2.45) is 5.41 Å². The zero-order valence-corrected chi connectivity index (χ0v) is 20.5. The van der Waals surface area contributed by atoms with Gasteiger partial charge in [0.05, 0.1) is 12.1 Å². The molecule has 1 fully saturated rings. The summed E-state index contributed by atoms with van der Waals surface area (Å²) in [6.45, 7) is 1.47. The van der Waals surface area contributed by atoms with Crippen molar-refractivity contribution in [2.45, 2.75) is 45.3 Å². The third kappa shape index (κ3) is 5.28. The topological polar surface area (TPSA) is 77.0 Å². The molecule has 1 aliphatic rings. The van der Waals surface area contributed by atoms with Crippen LogP contribution in [0.4, 0.5) is 17.6 Å². The lowest BCUT2D eigenvalue weighted by molar-refractivity contribution is -0.211. The second kappa shape index (κ2) is 9.65. The number of amides is 1. The number of carbonyl (C=O) groups excluding carboxylic acids is 1. The standard InChI is InChI=1S/C25H23ClF4N4O2/c1-24(2,25(28,29)30)22(35)31-12-13-4-8-18(26)17(10-13)21-32-20(33-23(34-21)36-3)15-7-9-19(27)16(11-15)14-5-6-14/h4,7-11,14H,5-6,12H2,1-3H3,(H,31,35). The molecule has 1 amide bonds. The smallest absolute Gasteiger partial charge is 0.402 e. The van der Waals surface area contributed by atoms with Crippen LogP contribution in [0.15, 0.2) is 36.4 Å². The first-order chi connectivity index (χ1) is 16.9. The molecule has 1 N–H and O–H groups in total. The highest BCUT2D eigenvalue weighted by atomic mass is 35.5. The number of benzene rings is 2. The summed E-state index contributed by atoms with van der Waals surface area (Å²) in [4.78, 5) is 25.2. The molecule has 0 atom stereocenters. The molecule has 0 radical (unpaired) electrons. The van der Waals surface area contributed by atoms with E-state index in [0.29, 0.717) is 22.3 Å². The first-order valence-electron chi connectivity index (χ1n) is 11.1. The normalized spacial score (nSPS) is 14.0. The Hall–Kier alpha value is -3.27. The van der Waals surface area contributed by atoms with Crippen molar-refractivity contribution >= 4 is 17.5 Å². The average Bonchev–Trinajstić information content (AvgIpc) is 3.68. The molecule has 0 spiro atoms. The molecule has 2 aromatic carbocycles. The highest BCUT2D eigenvalue weighted by Crippen LogP contribution is 2.42. The van der Waals surface area contributed by atoms with Crippen molar-refractivity contribution in [3.8, 4) is 28.8 Å². The van der Waals surface area contributed by atoms with Crippen molar-refractivity contribution in [1.29, 1.82) is 0 Å². The number of alkyl halides is 3. The number of nitrogens with zero attached hydrogens (tertiary/aromatic N) is 3. The van der Waals surface area contributed by atoms with Gasteiger partial charge in [-0.2, -0.15) is 23.1 Å². The number of carbonyl (C=O) groups is 1. The van der Waals surface area contributed by atoms with Crippen LogP contribution in [0, 0.1) is 11.2 Å². The highest BCUT2D eigenvalue weighted by Gasteiger charge is 2.52. The number of ether oxygens (including phenoxy) is 1. The Bertz CT molecular complexity index is 1310. The van der Waals surface area contributed by atoms with Gasteiger partial charge in [-0.05, 0) is 74.1 Å². The molecule has 1 saturated carbocycles. The van der Waals surface area contributed by atoms with E-state index >= 15 is 0 Å². The van der Waals surface area contributed by atoms with Crippen LogP contribution in [0.5, 0.6) is 6.01 Å². The number of hydrogen-bond acceptors (Lipinski definition) is 5. The van der Waals surface area contributed by atoms with E-state index in [9.17, 15) is 22.4 Å². The maximum absolute atomic E-state index is 14.2. The number of hydrogen-bond donors (Lipinski definition) is 1. The van der Waals surface area contributed by atoms with E-state index in [1.54, 1.807) is 24.3 Å². The number of methoxy groups -OCH3 is 1. The van der Waals surface area contributed by atoms with Gasteiger partial charge in [-0.1, -0.05) is 17.7 Å². The van der Waals surface area contributed by atoms with Gasteiger partial charge < -0.3 is 10.1 Å². The summed E-state index contributed by atoms with van der Waals surface area (Å²) in [5.74, 6) is -0.854. The Morgan fingerprint density at radius 2 is 1.78 bits per heavy atom. The Labute approximate surface area is 210 Å². The minimum Gasteiger partial charge on any atom is -0.467 e. The highest BCUT2D eigenvalue weighted by molar-refractivity contribution is 6.33. The van der Waals surface area contributed by atoms with Gasteiger partial charge in [-0.15, -0.1) is 0 Å². The summed E-state index contributed by atoms with van der Waals surface area (Å²) < 4.78 is 58.9. The second-order valence-corrected chi connectivity index (χ2v) is 9.51. The molecule has 0 aliphatic heterocycles. The van der Waals surface area contributed by atoms with Crippen LogP contribution in [0.25, 0.3) is 22.8 Å². The van der Waals surface area contributed by atoms with Crippen LogP contribution >= 0.6 is 11.6 Å². The molecule has 0 unspecified atom stereocenters. The molecule has 0 bridgehead atoms. The summed E-state index contributed by atoms with van der Waals surface area (Å²) >= 11 is 6.39. The summed E-state index contributed by atoms with van der Waals surface area (Å²) in [5, 5.41) is 2.59. The van der Waals surface area contributed by atoms with Gasteiger partial charge >= 0.3 is 12.2 Å². The Morgan fingerprint density at radius 1 is 1.08 bits per heavy atom. The van der Waals surface area contributed by atoms with Crippen LogP contribution in [0.3, 0.4) is 0 Å². The minimum absolute atomic E-state index is 0.00833. The van der Waals surface area contributed by atoms with E-state index in [-0.39, 0.29) is 41.0 Å². The average molecular weight is 523 g/mol. The quantitative estimate of drug-likeness (QED) is 0.380. The first-order valence-corrected chi connectivity index (χ1v) is 11.5. The maximum Gasteiger partial charge on any atom is 0.402 e. The molecule has 1 heterocycles. The lowest BCUT2D eigenvalue weighted by Crippen LogP contribution is -2.46. The van der Waals surface area contributed by atoms with Crippen molar-refractivity contribution in [2.75, 3.05) is 7.11 Å². The molecular formula is C25H23ClF4N4O2. The molecule has 4 rings (SSSR count). The fourth-order valence-electron chi connectivity index (χ4n) is 3.47. The SMILES string of the molecule is COc1nc(-c2ccc(F)c(C3CC3)c2)nc(-c2cc(CNC(=O)C(C)(C)C(F)(F)F)ccc2Cl)n1. The van der Waals surface area contributed by atoms with Crippen LogP contribution in [-0.4, -0.2) is 34.1 Å². The number of rotatable bonds is 7. The van der Waals surface area contributed by atoms with Crippen LogP contribution in [0.2, 0.25) is 5.02 Å². The number of nitrogens with one attached hydrogen (secondary N) is 1. The Kier molecular flexibility index (Phi) is 6.92. The Balaban J connectivity index is 1.65. The third-order valence-electron chi connectivity index (χ3n) is 6.07. The molecule has 0 saturated heterocycles. The summed E-state index contributed by atoms with van der Waals surface area (Å²) in [6, 6.07) is 9.34. The molecule has 11 heteroatoms. The summed E-state index contributed by atoms with van der Waals surface area (Å²) in [5.41, 5.74) is -0.516. The summed E-state index contributed by atoms with van der Waals surface area (Å²) in [7, 11) is 1.39. The second-order valence-electron chi connectivity index (χ2n) is 9.10. The van der Waals surface area contributed by atoms with E-state index in [4.69, 9.17) is 16.3 Å². The molecule has 190 valence electrons. The predicted octanol–water partition coefficient (Wildman–Crippen LogP) is 6.09. The Morgan fingerprint density at radius 3 is 2.42 bits per heavy atom. The van der Waals surface area contributed by atoms with E-state index in [1.807, 2.05) is 0 Å². The molecule has 6 nitrogen and oxygen atoms in total. The van der Waals surface area contributed by atoms with Crippen molar-refractivity contribution in [1.82, 2.24) is 20.3 Å². The van der Waals surface area contributed by atoms with Gasteiger partial charge in [-0.25, -0.2) is 9.37 Å². The van der Waals surface area contributed by atoms with Crippen molar-refractivity contribution in [3.63, 3.8) is 0 Å². The molecule has 1 aliphatic carbocycles. The minimum atomic E-state index is -4.69. The van der Waals surface area contributed by atoms with Crippen LogP contribution < -0.4 is 10.1 Å². The largest absolute Gasteiger partial charge is 0.467 e. The fraction of sp³-hybridized carbons (Fsp3) is 0.360. The van der Waals surface area contributed by atoms with Crippen molar-refractivity contribution < 1.29 is 27.1 Å². The van der Waals surface area contributed by atoms with Gasteiger partial charge in [0.25, 0.3) is 0 Å². The lowest BCUT2D eigenvalue weighted by atomic mass is 9.91. The number of halogens is 5. The monoisotopic (exact) mass is 522 g/mol. The molecule has 3 aromatic rings. The van der Waals surface area contributed by atoms with Gasteiger partial charge in [0, 0.05) is 17.7 Å². The lowest BCUT2D eigenvalue weighted by Gasteiger charge is -2.26. The zero-order valence-electron chi connectivity index (χ0n) is 19.7. The van der Waals surface area contributed by atoms with Crippen LogP contribution in [-0.2, 0) is 11.3 Å². The van der Waals surface area contributed by atoms with Gasteiger partial charge in [0.1, 0.15) is 11.2 Å².